The van der Waals surface area contributed by atoms with Crippen molar-refractivity contribution in [3.05, 3.63) is 0 Å². The lowest BCUT2D eigenvalue weighted by Crippen LogP contribution is -2.40. The minimum absolute atomic E-state index is 0.254. The van der Waals surface area contributed by atoms with Gasteiger partial charge in [0, 0.05) is 18.5 Å². The van der Waals surface area contributed by atoms with Crippen LogP contribution in [0.4, 0.5) is 0 Å². The van der Waals surface area contributed by atoms with Gasteiger partial charge in [-0.05, 0) is 51.0 Å². The molecule has 98 valence electrons. The summed E-state index contributed by atoms with van der Waals surface area (Å²) in [4.78, 5) is 11.9. The lowest BCUT2D eigenvalue weighted by Gasteiger charge is -2.28. The van der Waals surface area contributed by atoms with E-state index in [2.05, 4.69) is 17.6 Å². The topological polar surface area (TPSA) is 41.1 Å². The molecule has 0 aromatic carbocycles. The maximum Gasteiger partial charge on any atom is 0.221 e. The summed E-state index contributed by atoms with van der Waals surface area (Å²) in [6.45, 7) is 3.36. The first-order chi connectivity index (χ1) is 8.28. The highest BCUT2D eigenvalue weighted by atomic mass is 16.1. The van der Waals surface area contributed by atoms with E-state index in [9.17, 15) is 4.79 Å². The first-order valence-corrected chi connectivity index (χ1v) is 7.30. The van der Waals surface area contributed by atoms with Gasteiger partial charge < -0.3 is 10.6 Å². The van der Waals surface area contributed by atoms with Crippen LogP contribution in [-0.4, -0.2) is 24.5 Å². The van der Waals surface area contributed by atoms with Gasteiger partial charge in [0.15, 0.2) is 0 Å². The number of nitrogens with one attached hydrogen (secondary N) is 2. The van der Waals surface area contributed by atoms with Crippen LogP contribution in [0.2, 0.25) is 0 Å². The number of amides is 1. The van der Waals surface area contributed by atoms with Crippen LogP contribution in [-0.2, 0) is 4.79 Å². The summed E-state index contributed by atoms with van der Waals surface area (Å²) in [5.74, 6) is 1.16. The van der Waals surface area contributed by atoms with Gasteiger partial charge in [0.2, 0.25) is 5.91 Å². The van der Waals surface area contributed by atoms with Crippen molar-refractivity contribution in [1.29, 1.82) is 0 Å². The highest BCUT2D eigenvalue weighted by Crippen LogP contribution is 2.26. The fourth-order valence-electron chi connectivity index (χ4n) is 3.16. The lowest BCUT2D eigenvalue weighted by atomic mass is 9.84. The Balaban J connectivity index is 1.65. The van der Waals surface area contributed by atoms with E-state index < -0.39 is 0 Å². The quantitative estimate of drug-likeness (QED) is 0.788. The fraction of sp³-hybridized carbons (Fsp3) is 0.929. The van der Waals surface area contributed by atoms with Gasteiger partial charge in [-0.1, -0.05) is 13.3 Å². The van der Waals surface area contributed by atoms with Crippen molar-refractivity contribution in [2.45, 2.75) is 70.4 Å². The van der Waals surface area contributed by atoms with Crippen molar-refractivity contribution in [3.8, 4) is 0 Å². The van der Waals surface area contributed by atoms with Gasteiger partial charge in [0.1, 0.15) is 0 Å². The van der Waals surface area contributed by atoms with E-state index in [1.165, 1.54) is 38.5 Å². The molecule has 1 atom stereocenters. The van der Waals surface area contributed by atoms with Crippen LogP contribution in [0.5, 0.6) is 0 Å². The zero-order valence-electron chi connectivity index (χ0n) is 11.0. The predicted octanol–water partition coefficient (Wildman–Crippen LogP) is 2.21. The maximum absolute atomic E-state index is 11.9. The Kier molecular flexibility index (Phi) is 4.84. The summed E-state index contributed by atoms with van der Waals surface area (Å²) < 4.78 is 0. The predicted molar refractivity (Wildman–Crippen MR) is 69.8 cm³/mol. The van der Waals surface area contributed by atoms with E-state index >= 15 is 0 Å². The van der Waals surface area contributed by atoms with Crippen LogP contribution in [0.1, 0.15) is 58.3 Å². The number of carbonyl (C=O) groups is 1. The molecule has 1 aliphatic carbocycles. The SMILES string of the molecule is CCC1CCC(NC(=O)CC2CCCN2)CC1. The normalized spacial score (nSPS) is 33.6. The van der Waals surface area contributed by atoms with E-state index in [0.29, 0.717) is 18.5 Å². The molecule has 0 bridgehead atoms. The van der Waals surface area contributed by atoms with Crippen molar-refractivity contribution in [1.82, 2.24) is 10.6 Å². The van der Waals surface area contributed by atoms with E-state index in [1.54, 1.807) is 0 Å². The Morgan fingerprint density at radius 1 is 1.24 bits per heavy atom. The summed E-state index contributed by atoms with van der Waals surface area (Å²) in [5, 5.41) is 6.59. The van der Waals surface area contributed by atoms with E-state index in [1.807, 2.05) is 0 Å². The fourth-order valence-corrected chi connectivity index (χ4v) is 3.16. The minimum Gasteiger partial charge on any atom is -0.353 e. The molecule has 2 rings (SSSR count). The second-order valence-corrected chi connectivity index (χ2v) is 5.69. The Bertz CT molecular complexity index is 241. The Morgan fingerprint density at radius 3 is 2.59 bits per heavy atom. The van der Waals surface area contributed by atoms with Crippen molar-refractivity contribution >= 4 is 5.91 Å². The summed E-state index contributed by atoms with van der Waals surface area (Å²) in [5.41, 5.74) is 0. The Hall–Kier alpha value is -0.570. The van der Waals surface area contributed by atoms with Crippen molar-refractivity contribution in [2.24, 2.45) is 5.92 Å². The number of rotatable bonds is 4. The van der Waals surface area contributed by atoms with Gasteiger partial charge in [-0.3, -0.25) is 4.79 Å². The van der Waals surface area contributed by atoms with Crippen LogP contribution in [0.3, 0.4) is 0 Å². The molecule has 1 saturated carbocycles. The van der Waals surface area contributed by atoms with Crippen LogP contribution >= 0.6 is 0 Å². The van der Waals surface area contributed by atoms with Gasteiger partial charge in [-0.15, -0.1) is 0 Å². The molecule has 1 saturated heterocycles. The largest absolute Gasteiger partial charge is 0.353 e. The number of hydrogen-bond acceptors (Lipinski definition) is 2. The van der Waals surface area contributed by atoms with Gasteiger partial charge in [-0.25, -0.2) is 0 Å². The van der Waals surface area contributed by atoms with E-state index in [4.69, 9.17) is 0 Å². The third-order valence-electron chi connectivity index (χ3n) is 4.38. The molecule has 1 heterocycles. The smallest absolute Gasteiger partial charge is 0.221 e. The van der Waals surface area contributed by atoms with Gasteiger partial charge >= 0.3 is 0 Å². The average molecular weight is 238 g/mol. The third kappa shape index (κ3) is 3.98. The first-order valence-electron chi connectivity index (χ1n) is 7.30. The summed E-state index contributed by atoms with van der Waals surface area (Å²) in [7, 11) is 0. The van der Waals surface area contributed by atoms with Crippen LogP contribution < -0.4 is 10.6 Å². The second kappa shape index (κ2) is 6.39. The maximum atomic E-state index is 11.9. The van der Waals surface area contributed by atoms with Crippen LogP contribution in [0.15, 0.2) is 0 Å². The molecule has 2 fully saturated rings. The first kappa shape index (κ1) is 12.9. The van der Waals surface area contributed by atoms with Gasteiger partial charge in [0.05, 0.1) is 0 Å². The molecule has 1 aliphatic heterocycles. The Morgan fingerprint density at radius 2 is 2.00 bits per heavy atom. The molecule has 2 N–H and O–H groups in total. The van der Waals surface area contributed by atoms with Gasteiger partial charge in [-0.2, -0.15) is 0 Å². The molecule has 3 nitrogen and oxygen atoms in total. The van der Waals surface area contributed by atoms with E-state index in [0.717, 1.165) is 18.9 Å². The number of hydrogen-bond donors (Lipinski definition) is 2. The second-order valence-electron chi connectivity index (χ2n) is 5.69. The minimum atomic E-state index is 0.254. The lowest BCUT2D eigenvalue weighted by molar-refractivity contribution is -0.122. The standard InChI is InChI=1S/C14H26N2O/c1-2-11-5-7-12(8-6-11)16-14(17)10-13-4-3-9-15-13/h11-13,15H,2-10H2,1H3,(H,16,17). The Labute approximate surface area is 105 Å². The van der Waals surface area contributed by atoms with Crippen LogP contribution in [0, 0.1) is 5.92 Å². The van der Waals surface area contributed by atoms with E-state index in [-0.39, 0.29) is 5.91 Å². The molecule has 3 heteroatoms. The average Bonchev–Trinajstić information content (AvgIpc) is 2.82. The molecule has 0 radical (unpaired) electrons. The van der Waals surface area contributed by atoms with Crippen LogP contribution in [0.25, 0.3) is 0 Å². The van der Waals surface area contributed by atoms with Crippen molar-refractivity contribution in [3.63, 3.8) is 0 Å². The highest BCUT2D eigenvalue weighted by molar-refractivity contribution is 5.76. The molecule has 2 aliphatic rings. The molecular weight excluding hydrogens is 212 g/mol. The third-order valence-corrected chi connectivity index (χ3v) is 4.38. The zero-order valence-corrected chi connectivity index (χ0v) is 11.0. The highest BCUT2D eigenvalue weighted by Gasteiger charge is 2.23. The zero-order chi connectivity index (χ0) is 12.1. The van der Waals surface area contributed by atoms with Gasteiger partial charge in [0.25, 0.3) is 0 Å². The number of carbonyl (C=O) groups excluding carboxylic acids is 1. The molecule has 0 spiro atoms. The molecule has 17 heavy (non-hydrogen) atoms. The molecule has 0 aromatic heterocycles. The van der Waals surface area contributed by atoms with Crippen molar-refractivity contribution in [2.75, 3.05) is 6.54 Å². The summed E-state index contributed by atoms with van der Waals surface area (Å²) in [6, 6.07) is 0.883. The summed E-state index contributed by atoms with van der Waals surface area (Å²) >= 11 is 0. The molecule has 1 unspecified atom stereocenters. The monoisotopic (exact) mass is 238 g/mol. The summed E-state index contributed by atoms with van der Waals surface area (Å²) in [6.07, 6.45) is 9.31. The molecule has 0 aromatic rings. The molecule has 1 amide bonds. The molecular formula is C14H26N2O. The van der Waals surface area contributed by atoms with Crippen molar-refractivity contribution < 1.29 is 4.79 Å².